The zero-order valence-electron chi connectivity index (χ0n) is 27.4. The van der Waals surface area contributed by atoms with Gasteiger partial charge in [0, 0.05) is 52.7 Å². The van der Waals surface area contributed by atoms with Crippen LogP contribution >= 0.6 is 0 Å². The SMILES string of the molecule is CC(C)(C)OC(=O)NC(C)(C)C(=O)N[C@H](Cc1c[nH]c2ccccc12)c1nnc(CCc2c[nH]c3ccccc23)n1-c1ccccc1. The molecule has 4 N–H and O–H groups in total. The third-order valence-corrected chi connectivity index (χ3v) is 8.16. The molecule has 0 aliphatic rings. The lowest BCUT2D eigenvalue weighted by molar-refractivity contribution is -0.127. The summed E-state index contributed by atoms with van der Waals surface area (Å²) in [6.07, 6.45) is 5.16. The summed E-state index contributed by atoms with van der Waals surface area (Å²) in [6, 6.07) is 25.7. The predicted octanol–water partition coefficient (Wildman–Crippen LogP) is 6.72. The molecule has 0 spiro atoms. The summed E-state index contributed by atoms with van der Waals surface area (Å²) in [5.41, 5.74) is 3.22. The summed E-state index contributed by atoms with van der Waals surface area (Å²) >= 11 is 0. The van der Waals surface area contributed by atoms with E-state index in [4.69, 9.17) is 14.9 Å². The second-order valence-corrected chi connectivity index (χ2v) is 13.3. The highest BCUT2D eigenvalue weighted by molar-refractivity contribution is 5.89. The molecule has 3 heterocycles. The van der Waals surface area contributed by atoms with E-state index >= 15 is 0 Å². The molecule has 0 saturated carbocycles. The average Bonchev–Trinajstić information content (AvgIpc) is 3.76. The molecule has 2 amide bonds. The van der Waals surface area contributed by atoms with Crippen LogP contribution in [-0.4, -0.2) is 47.9 Å². The van der Waals surface area contributed by atoms with Gasteiger partial charge >= 0.3 is 6.09 Å². The van der Waals surface area contributed by atoms with E-state index in [-0.39, 0.29) is 5.91 Å². The van der Waals surface area contributed by atoms with Crippen LogP contribution in [-0.2, 0) is 28.8 Å². The molecule has 47 heavy (non-hydrogen) atoms. The van der Waals surface area contributed by atoms with Crippen molar-refractivity contribution in [1.82, 2.24) is 35.4 Å². The highest BCUT2D eigenvalue weighted by Crippen LogP contribution is 2.28. The first kappa shape index (κ1) is 31.6. The Labute approximate surface area is 273 Å². The van der Waals surface area contributed by atoms with Crippen molar-refractivity contribution in [2.24, 2.45) is 0 Å². The van der Waals surface area contributed by atoms with Crippen molar-refractivity contribution >= 4 is 33.8 Å². The van der Waals surface area contributed by atoms with Crippen LogP contribution in [0.5, 0.6) is 0 Å². The minimum Gasteiger partial charge on any atom is -0.444 e. The van der Waals surface area contributed by atoms with E-state index in [9.17, 15) is 9.59 Å². The number of para-hydroxylation sites is 3. The fourth-order valence-electron chi connectivity index (χ4n) is 5.84. The van der Waals surface area contributed by atoms with Gasteiger partial charge in [0.2, 0.25) is 5.91 Å². The lowest BCUT2D eigenvalue weighted by atomic mass is 10.0. The number of aromatic amines is 2. The Morgan fingerprint density at radius 1 is 0.787 bits per heavy atom. The number of nitrogens with zero attached hydrogens (tertiary/aromatic N) is 3. The zero-order valence-corrected chi connectivity index (χ0v) is 27.4. The number of carbonyl (C=O) groups excluding carboxylic acids is 2. The molecule has 0 aliphatic heterocycles. The van der Waals surface area contributed by atoms with Gasteiger partial charge in [0.05, 0.1) is 6.04 Å². The summed E-state index contributed by atoms with van der Waals surface area (Å²) in [4.78, 5) is 33.3. The van der Waals surface area contributed by atoms with Gasteiger partial charge in [-0.05, 0) is 76.4 Å². The molecule has 1 atom stereocenters. The Morgan fingerprint density at radius 3 is 2.04 bits per heavy atom. The Morgan fingerprint density at radius 2 is 1.38 bits per heavy atom. The number of fused-ring (bicyclic) bond motifs is 2. The van der Waals surface area contributed by atoms with E-state index in [1.165, 1.54) is 10.9 Å². The maximum absolute atomic E-state index is 14.0. The number of amides is 2. The molecule has 242 valence electrons. The Bertz CT molecular complexity index is 2010. The van der Waals surface area contributed by atoms with Crippen molar-refractivity contribution in [1.29, 1.82) is 0 Å². The number of ether oxygens (including phenoxy) is 1. The fourth-order valence-corrected chi connectivity index (χ4v) is 5.84. The van der Waals surface area contributed by atoms with Crippen LogP contribution < -0.4 is 10.6 Å². The maximum Gasteiger partial charge on any atom is 0.408 e. The molecule has 0 fully saturated rings. The normalized spacial score (nSPS) is 12.7. The first-order valence-electron chi connectivity index (χ1n) is 15.9. The van der Waals surface area contributed by atoms with Gasteiger partial charge in [0.1, 0.15) is 17.0 Å². The van der Waals surface area contributed by atoms with Crippen molar-refractivity contribution in [3.05, 3.63) is 114 Å². The number of rotatable bonds is 10. The lowest BCUT2D eigenvalue weighted by Crippen LogP contribution is -2.56. The van der Waals surface area contributed by atoms with Crippen LogP contribution in [0.4, 0.5) is 4.79 Å². The summed E-state index contributed by atoms with van der Waals surface area (Å²) in [5.74, 6) is 0.994. The van der Waals surface area contributed by atoms with Crippen molar-refractivity contribution in [2.45, 2.75) is 71.1 Å². The van der Waals surface area contributed by atoms with Gasteiger partial charge in [-0.2, -0.15) is 0 Å². The third-order valence-electron chi connectivity index (χ3n) is 8.16. The maximum atomic E-state index is 14.0. The fraction of sp³-hybridized carbons (Fsp3) is 0.297. The van der Waals surface area contributed by atoms with Crippen molar-refractivity contribution in [3.63, 3.8) is 0 Å². The van der Waals surface area contributed by atoms with E-state index in [0.29, 0.717) is 18.7 Å². The Kier molecular flexibility index (Phi) is 8.60. The number of aryl methyl sites for hydroxylation is 2. The quantitative estimate of drug-likeness (QED) is 0.133. The molecule has 0 radical (unpaired) electrons. The minimum atomic E-state index is -1.28. The standard InChI is InChI=1S/C37H41N7O3/c1-36(2,3)47-35(46)41-37(4,5)34(45)40-31(21-25-23-39-30-18-12-10-16-28(25)30)33-43-42-32(44(33)26-13-7-6-8-14-26)20-19-24-22-38-29-17-11-9-15-27(24)29/h6-18,22-23,31,38-39H,19-21H2,1-5H3,(H,40,45)(H,41,46)/t31-/m1/s1. The molecule has 3 aromatic heterocycles. The molecule has 6 rings (SSSR count). The molecule has 0 bridgehead atoms. The molecule has 6 aromatic rings. The van der Waals surface area contributed by atoms with Crippen LogP contribution in [0.2, 0.25) is 0 Å². The molecular formula is C37H41N7O3. The summed E-state index contributed by atoms with van der Waals surface area (Å²) in [5, 5.41) is 17.6. The van der Waals surface area contributed by atoms with E-state index in [0.717, 1.165) is 39.9 Å². The van der Waals surface area contributed by atoms with Crippen LogP contribution in [0.25, 0.3) is 27.5 Å². The molecular weight excluding hydrogens is 590 g/mol. The van der Waals surface area contributed by atoms with Crippen LogP contribution in [0.1, 0.15) is 63.4 Å². The van der Waals surface area contributed by atoms with E-state index < -0.39 is 23.3 Å². The number of aromatic nitrogens is 5. The third kappa shape index (κ3) is 7.06. The number of benzene rings is 3. The lowest BCUT2D eigenvalue weighted by Gasteiger charge is -2.29. The first-order valence-corrected chi connectivity index (χ1v) is 15.9. The summed E-state index contributed by atoms with van der Waals surface area (Å²) in [7, 11) is 0. The summed E-state index contributed by atoms with van der Waals surface area (Å²) in [6.45, 7) is 8.66. The van der Waals surface area contributed by atoms with Gasteiger partial charge in [-0.25, -0.2) is 4.79 Å². The number of H-pyrrole nitrogens is 2. The Balaban J connectivity index is 1.36. The monoisotopic (exact) mass is 631 g/mol. The minimum absolute atomic E-state index is 0.379. The molecule has 10 nitrogen and oxygen atoms in total. The molecule has 10 heteroatoms. The van der Waals surface area contributed by atoms with Gasteiger partial charge < -0.3 is 25.3 Å². The zero-order chi connectivity index (χ0) is 33.2. The van der Waals surface area contributed by atoms with Crippen molar-refractivity contribution < 1.29 is 14.3 Å². The van der Waals surface area contributed by atoms with Crippen LogP contribution in [0.3, 0.4) is 0 Å². The predicted molar refractivity (Wildman–Crippen MR) is 183 cm³/mol. The van der Waals surface area contributed by atoms with Gasteiger partial charge in [0.25, 0.3) is 0 Å². The average molecular weight is 632 g/mol. The van der Waals surface area contributed by atoms with Gasteiger partial charge in [0.15, 0.2) is 5.82 Å². The Hall–Kier alpha value is -5.38. The molecule has 0 unspecified atom stereocenters. The number of alkyl carbamates (subject to hydrolysis) is 1. The number of nitrogens with one attached hydrogen (secondary N) is 4. The second-order valence-electron chi connectivity index (χ2n) is 13.3. The van der Waals surface area contributed by atoms with Crippen molar-refractivity contribution in [2.75, 3.05) is 0 Å². The molecule has 0 saturated heterocycles. The largest absolute Gasteiger partial charge is 0.444 e. The van der Waals surface area contributed by atoms with E-state index in [1.54, 1.807) is 34.6 Å². The van der Waals surface area contributed by atoms with Gasteiger partial charge in [-0.15, -0.1) is 10.2 Å². The summed E-state index contributed by atoms with van der Waals surface area (Å²) < 4.78 is 7.49. The van der Waals surface area contributed by atoms with Gasteiger partial charge in [-0.1, -0.05) is 54.6 Å². The molecule has 0 aliphatic carbocycles. The molecule has 3 aromatic carbocycles. The van der Waals surface area contributed by atoms with E-state index in [1.807, 2.05) is 71.4 Å². The van der Waals surface area contributed by atoms with Crippen LogP contribution in [0.15, 0.2) is 91.3 Å². The highest BCUT2D eigenvalue weighted by Gasteiger charge is 2.35. The first-order chi connectivity index (χ1) is 22.5. The van der Waals surface area contributed by atoms with Gasteiger partial charge in [-0.3, -0.25) is 9.36 Å². The number of hydrogen-bond acceptors (Lipinski definition) is 5. The van der Waals surface area contributed by atoms with E-state index in [2.05, 4.69) is 45.0 Å². The van der Waals surface area contributed by atoms with Crippen LogP contribution in [0, 0.1) is 0 Å². The highest BCUT2D eigenvalue weighted by atomic mass is 16.6. The van der Waals surface area contributed by atoms with Crippen molar-refractivity contribution in [3.8, 4) is 5.69 Å². The topological polar surface area (TPSA) is 130 Å². The second kappa shape index (κ2) is 12.8. The smallest absolute Gasteiger partial charge is 0.408 e. The number of carbonyl (C=O) groups is 2. The number of hydrogen-bond donors (Lipinski definition) is 4.